The number of aliphatic carboxylic acids is 2. The van der Waals surface area contributed by atoms with E-state index in [1.807, 2.05) is 36.4 Å². The fourth-order valence-electron chi connectivity index (χ4n) is 6.06. The summed E-state index contributed by atoms with van der Waals surface area (Å²) in [5.74, 6) is 1.35. The van der Waals surface area contributed by atoms with E-state index in [2.05, 4.69) is 69.1 Å². The lowest BCUT2D eigenvalue weighted by Gasteiger charge is -2.23. The fourth-order valence-corrected chi connectivity index (χ4v) is 6.06. The summed E-state index contributed by atoms with van der Waals surface area (Å²) in [5.41, 5.74) is 2.67. The van der Waals surface area contributed by atoms with Crippen LogP contribution in [0.15, 0.2) is 109 Å². The Morgan fingerprint density at radius 2 is 1.04 bits per heavy atom. The van der Waals surface area contributed by atoms with Gasteiger partial charge in [-0.15, -0.1) is 0 Å². The number of piperidine rings is 2. The normalized spacial score (nSPS) is 16.3. The fraction of sp³-hybridized carbons (Fsp3) is 0.409. The maximum atomic E-state index is 9.55. The van der Waals surface area contributed by atoms with Gasteiger partial charge in [-0.1, -0.05) is 60.7 Å². The number of ether oxygens (including phenoxy) is 4. The van der Waals surface area contributed by atoms with Crippen molar-refractivity contribution in [1.82, 2.24) is 20.6 Å². The topological polar surface area (TPSA) is 161 Å². The van der Waals surface area contributed by atoms with Crippen molar-refractivity contribution in [2.24, 2.45) is 11.8 Å². The Kier molecular flexibility index (Phi) is 20.4. The Morgan fingerprint density at radius 3 is 1.41 bits per heavy atom. The van der Waals surface area contributed by atoms with Crippen LogP contribution >= 0.6 is 0 Å². The SMILES string of the molecule is O=C(O)/C=C/C(=O)O.c1ccc(CCCOc2ncccc2OC[C@H]2CCCNC2)cc1.c1ccc(CCCOc2ncccc2OC[C@H]2CCCNC2)cc1. The number of aryl methyl sites for hydroxylation is 2. The third-order valence-electron chi connectivity index (χ3n) is 8.97. The predicted molar refractivity (Wildman–Crippen MR) is 216 cm³/mol. The van der Waals surface area contributed by atoms with Crippen LogP contribution in [0, 0.1) is 11.8 Å². The van der Waals surface area contributed by atoms with Gasteiger partial charge in [-0.05, 0) is 99.8 Å². The molecule has 0 unspecified atom stereocenters. The summed E-state index contributed by atoms with van der Waals surface area (Å²) in [5, 5.41) is 22.5. The molecule has 6 rings (SSSR count). The number of nitrogens with one attached hydrogen (secondary N) is 2. The molecule has 2 aliphatic rings. The molecule has 0 saturated carbocycles. The molecule has 0 spiro atoms. The Balaban J connectivity index is 0.000000209. The van der Waals surface area contributed by atoms with Crippen molar-refractivity contribution >= 4 is 11.9 Å². The van der Waals surface area contributed by atoms with Crippen molar-refractivity contribution < 1.29 is 38.7 Å². The smallest absolute Gasteiger partial charge is 0.328 e. The molecule has 2 fully saturated rings. The van der Waals surface area contributed by atoms with Crippen LogP contribution in [0.25, 0.3) is 0 Å². The van der Waals surface area contributed by atoms with Crippen LogP contribution in [-0.2, 0) is 22.4 Å². The van der Waals surface area contributed by atoms with Gasteiger partial charge >= 0.3 is 11.9 Å². The molecule has 2 atom stereocenters. The van der Waals surface area contributed by atoms with Gasteiger partial charge < -0.3 is 39.8 Å². The Hall–Kier alpha value is -5.46. The summed E-state index contributed by atoms with van der Waals surface area (Å²) in [7, 11) is 0. The highest BCUT2D eigenvalue weighted by Crippen LogP contribution is 2.26. The summed E-state index contributed by atoms with van der Waals surface area (Å²) in [4.78, 5) is 27.8. The van der Waals surface area contributed by atoms with Crippen molar-refractivity contribution in [1.29, 1.82) is 0 Å². The monoisotopic (exact) mass is 768 g/mol. The number of hydrogen-bond donors (Lipinski definition) is 4. The lowest BCUT2D eigenvalue weighted by molar-refractivity contribution is -0.134. The van der Waals surface area contributed by atoms with E-state index in [0.29, 0.717) is 49.0 Å². The summed E-state index contributed by atoms with van der Waals surface area (Å²) in [6, 6.07) is 28.6. The molecule has 4 heterocycles. The van der Waals surface area contributed by atoms with Gasteiger partial charge in [-0.2, -0.15) is 0 Å². The summed E-state index contributed by atoms with van der Waals surface area (Å²) in [6.45, 7) is 7.05. The lowest BCUT2D eigenvalue weighted by atomic mass is 10.0. The minimum Gasteiger partial charge on any atom is -0.488 e. The van der Waals surface area contributed by atoms with Crippen molar-refractivity contribution in [2.45, 2.75) is 51.4 Å². The van der Waals surface area contributed by atoms with E-state index < -0.39 is 11.9 Å². The average Bonchev–Trinajstić information content (AvgIpc) is 3.24. The summed E-state index contributed by atoms with van der Waals surface area (Å²) in [6.07, 6.45) is 13.5. The second-order valence-electron chi connectivity index (χ2n) is 13.5. The molecular weight excluding hydrogens is 713 g/mol. The molecule has 4 aromatic rings. The molecular formula is C44H56N4O8. The van der Waals surface area contributed by atoms with Crippen LogP contribution in [0.5, 0.6) is 23.3 Å². The lowest BCUT2D eigenvalue weighted by Crippen LogP contribution is -2.33. The van der Waals surface area contributed by atoms with Crippen LogP contribution in [0.3, 0.4) is 0 Å². The molecule has 12 nitrogen and oxygen atoms in total. The molecule has 300 valence electrons. The number of carboxylic acids is 2. The third-order valence-corrected chi connectivity index (χ3v) is 8.97. The van der Waals surface area contributed by atoms with Gasteiger partial charge in [0.05, 0.1) is 26.4 Å². The number of rotatable bonds is 18. The number of carboxylic acid groups (broad SMARTS) is 2. The van der Waals surface area contributed by atoms with Crippen molar-refractivity contribution in [3.05, 3.63) is 121 Å². The van der Waals surface area contributed by atoms with E-state index in [1.165, 1.54) is 36.8 Å². The highest BCUT2D eigenvalue weighted by molar-refractivity contribution is 5.89. The Labute approximate surface area is 330 Å². The van der Waals surface area contributed by atoms with Crippen molar-refractivity contribution in [3.8, 4) is 23.3 Å². The summed E-state index contributed by atoms with van der Waals surface area (Å²) < 4.78 is 23.6. The maximum absolute atomic E-state index is 9.55. The number of nitrogens with zero attached hydrogens (tertiary/aromatic N) is 2. The van der Waals surface area contributed by atoms with Crippen LogP contribution in [0.4, 0.5) is 0 Å². The predicted octanol–water partition coefficient (Wildman–Crippen LogP) is 6.66. The van der Waals surface area contributed by atoms with Gasteiger partial charge in [0, 0.05) is 49.5 Å². The highest BCUT2D eigenvalue weighted by Gasteiger charge is 2.16. The number of hydrogen-bond acceptors (Lipinski definition) is 10. The van der Waals surface area contributed by atoms with Crippen molar-refractivity contribution in [2.75, 3.05) is 52.6 Å². The van der Waals surface area contributed by atoms with Gasteiger partial charge in [0.15, 0.2) is 11.5 Å². The number of pyridine rings is 2. The second kappa shape index (κ2) is 26.4. The van der Waals surface area contributed by atoms with Gasteiger partial charge in [-0.25, -0.2) is 19.6 Å². The van der Waals surface area contributed by atoms with E-state index in [-0.39, 0.29) is 0 Å². The van der Waals surface area contributed by atoms with Crippen LogP contribution in [-0.4, -0.2) is 84.7 Å². The zero-order chi connectivity index (χ0) is 39.5. The first-order valence-electron chi connectivity index (χ1n) is 19.5. The first-order chi connectivity index (χ1) is 27.5. The van der Waals surface area contributed by atoms with E-state index in [1.54, 1.807) is 12.4 Å². The van der Waals surface area contributed by atoms with E-state index in [4.69, 9.17) is 29.2 Å². The molecule has 56 heavy (non-hydrogen) atoms. The molecule has 0 aliphatic carbocycles. The van der Waals surface area contributed by atoms with Gasteiger partial charge in [0.2, 0.25) is 0 Å². The Morgan fingerprint density at radius 1 is 0.607 bits per heavy atom. The zero-order valence-corrected chi connectivity index (χ0v) is 32.1. The maximum Gasteiger partial charge on any atom is 0.328 e. The minimum atomic E-state index is -1.26. The molecule has 0 bridgehead atoms. The van der Waals surface area contributed by atoms with E-state index in [0.717, 1.165) is 76.6 Å². The zero-order valence-electron chi connectivity index (χ0n) is 32.1. The quantitative estimate of drug-likeness (QED) is 0.0631. The largest absolute Gasteiger partial charge is 0.488 e. The molecule has 2 aromatic carbocycles. The first kappa shape index (κ1) is 43.3. The van der Waals surface area contributed by atoms with Gasteiger partial charge in [0.1, 0.15) is 0 Å². The van der Waals surface area contributed by atoms with Crippen LogP contribution in [0.1, 0.15) is 49.7 Å². The second-order valence-corrected chi connectivity index (χ2v) is 13.5. The molecule has 12 heteroatoms. The standard InChI is InChI=1S/2C20H26N2O2.C4H4O4/c2*1-2-7-17(8-3-1)10-6-14-23-20-19(11-5-13-22-20)24-16-18-9-4-12-21-15-18;5-3(6)1-2-4(7)8/h2*1-3,5,7-8,11,13,18,21H,4,6,9-10,12,14-16H2;1-2H,(H,5,6)(H,7,8)/b;;2-1+/t2*18-;/m00./s1. The van der Waals surface area contributed by atoms with Gasteiger partial charge in [0.25, 0.3) is 11.8 Å². The number of carbonyl (C=O) groups is 2. The van der Waals surface area contributed by atoms with Gasteiger partial charge in [-0.3, -0.25) is 0 Å². The minimum absolute atomic E-state index is 0.558. The molecule has 0 amide bonds. The summed E-state index contributed by atoms with van der Waals surface area (Å²) >= 11 is 0. The Bertz CT molecular complexity index is 1570. The van der Waals surface area contributed by atoms with E-state index in [9.17, 15) is 9.59 Å². The highest BCUT2D eigenvalue weighted by atomic mass is 16.5. The van der Waals surface area contributed by atoms with Crippen molar-refractivity contribution in [3.63, 3.8) is 0 Å². The molecule has 4 N–H and O–H groups in total. The molecule has 2 aliphatic heterocycles. The average molecular weight is 769 g/mol. The molecule has 2 saturated heterocycles. The molecule has 2 aromatic heterocycles. The number of benzene rings is 2. The third kappa shape index (κ3) is 18.2. The van der Waals surface area contributed by atoms with E-state index >= 15 is 0 Å². The van der Waals surface area contributed by atoms with Crippen LogP contribution in [0.2, 0.25) is 0 Å². The number of aromatic nitrogens is 2. The first-order valence-corrected chi connectivity index (χ1v) is 19.5. The van der Waals surface area contributed by atoms with Crippen LogP contribution < -0.4 is 29.6 Å². The molecule has 0 radical (unpaired) electrons.